The van der Waals surface area contributed by atoms with Crippen LogP contribution < -0.4 is 5.32 Å². The van der Waals surface area contributed by atoms with Crippen molar-refractivity contribution in [2.75, 3.05) is 13.7 Å². The Balaban J connectivity index is 2.00. The highest BCUT2D eigenvalue weighted by atomic mass is 16.5. The van der Waals surface area contributed by atoms with Gasteiger partial charge in [0, 0.05) is 25.1 Å². The molecule has 0 fully saturated rings. The van der Waals surface area contributed by atoms with Crippen molar-refractivity contribution in [1.29, 1.82) is 0 Å². The maximum Gasteiger partial charge on any atom is 0.309 e. The summed E-state index contributed by atoms with van der Waals surface area (Å²) in [6.45, 7) is 8.16. The van der Waals surface area contributed by atoms with Gasteiger partial charge in [0.1, 0.15) is 11.5 Å². The lowest BCUT2D eigenvalue weighted by Crippen LogP contribution is -2.32. The zero-order valence-corrected chi connectivity index (χ0v) is 17.1. The lowest BCUT2D eigenvalue weighted by molar-refractivity contribution is -0.149. The standard InChI is InChI=1S/C22H29N3O3/c1-22(2,3)16(21(27)28-4)13-18(26)19-17-14-23-11-8-12-25(17)20(24-19)15-9-6-5-7-10-15/h5-7,9-10,16,23H,8,11-14H2,1-4H3/t16-/m1/s1. The molecule has 2 heterocycles. The Morgan fingerprint density at radius 2 is 1.96 bits per heavy atom. The summed E-state index contributed by atoms with van der Waals surface area (Å²) in [6.07, 6.45) is 1.07. The molecule has 1 atom stereocenters. The first-order valence-corrected chi connectivity index (χ1v) is 9.79. The van der Waals surface area contributed by atoms with E-state index in [1.807, 2.05) is 51.1 Å². The van der Waals surface area contributed by atoms with Gasteiger partial charge in [0.25, 0.3) is 0 Å². The first-order chi connectivity index (χ1) is 13.3. The van der Waals surface area contributed by atoms with E-state index in [9.17, 15) is 9.59 Å². The van der Waals surface area contributed by atoms with E-state index < -0.39 is 5.92 Å². The minimum Gasteiger partial charge on any atom is -0.469 e. The van der Waals surface area contributed by atoms with Crippen LogP contribution in [0.25, 0.3) is 11.4 Å². The van der Waals surface area contributed by atoms with Crippen LogP contribution in [-0.2, 0) is 22.6 Å². The van der Waals surface area contributed by atoms with Crippen molar-refractivity contribution < 1.29 is 14.3 Å². The van der Waals surface area contributed by atoms with Gasteiger partial charge in [0.05, 0.1) is 18.7 Å². The molecule has 0 aliphatic carbocycles. The van der Waals surface area contributed by atoms with E-state index in [-0.39, 0.29) is 23.6 Å². The number of ketones is 1. The predicted molar refractivity (Wildman–Crippen MR) is 108 cm³/mol. The number of carbonyl (C=O) groups is 2. The number of nitrogens with zero attached hydrogens (tertiary/aromatic N) is 2. The fraction of sp³-hybridized carbons (Fsp3) is 0.500. The molecule has 3 rings (SSSR count). The summed E-state index contributed by atoms with van der Waals surface area (Å²) < 4.78 is 7.10. The average Bonchev–Trinajstić information content (AvgIpc) is 2.86. The predicted octanol–water partition coefficient (Wildman–Crippen LogP) is 3.45. The number of rotatable bonds is 5. The number of Topliss-reactive ketones (excluding diaryl/α,β-unsaturated/α-hetero) is 1. The van der Waals surface area contributed by atoms with Crippen molar-refractivity contribution in [3.63, 3.8) is 0 Å². The Hall–Kier alpha value is -2.47. The van der Waals surface area contributed by atoms with Crippen molar-refractivity contribution in [3.05, 3.63) is 41.7 Å². The minimum atomic E-state index is -0.513. The van der Waals surface area contributed by atoms with Gasteiger partial charge in [0.15, 0.2) is 5.78 Å². The van der Waals surface area contributed by atoms with Crippen LogP contribution in [0, 0.1) is 11.3 Å². The molecule has 1 aliphatic rings. The van der Waals surface area contributed by atoms with E-state index in [0.29, 0.717) is 12.2 Å². The average molecular weight is 383 g/mol. The topological polar surface area (TPSA) is 73.2 Å². The van der Waals surface area contributed by atoms with Crippen molar-refractivity contribution >= 4 is 11.8 Å². The summed E-state index contributed by atoms with van der Waals surface area (Å²) >= 11 is 0. The van der Waals surface area contributed by atoms with E-state index in [4.69, 9.17) is 9.72 Å². The number of hydrogen-bond donors (Lipinski definition) is 1. The lowest BCUT2D eigenvalue weighted by Gasteiger charge is -2.27. The van der Waals surface area contributed by atoms with Crippen LogP contribution in [0.15, 0.2) is 30.3 Å². The third-order valence-electron chi connectivity index (χ3n) is 5.32. The summed E-state index contributed by atoms with van der Waals surface area (Å²) in [4.78, 5) is 30.3. The Kier molecular flexibility index (Phi) is 5.98. The largest absolute Gasteiger partial charge is 0.469 e. The molecule has 1 aliphatic heterocycles. The molecule has 0 unspecified atom stereocenters. The Labute approximate surface area is 166 Å². The summed E-state index contributed by atoms with van der Waals surface area (Å²) in [5.41, 5.74) is 1.98. The summed E-state index contributed by atoms with van der Waals surface area (Å²) in [7, 11) is 1.37. The van der Waals surface area contributed by atoms with Crippen LogP contribution in [0.5, 0.6) is 0 Å². The van der Waals surface area contributed by atoms with E-state index in [0.717, 1.165) is 36.6 Å². The number of aromatic nitrogens is 2. The Bertz CT molecular complexity index is 850. The van der Waals surface area contributed by atoms with Gasteiger partial charge in [-0.1, -0.05) is 51.1 Å². The number of esters is 1. The van der Waals surface area contributed by atoms with Gasteiger partial charge in [-0.15, -0.1) is 0 Å². The highest BCUT2D eigenvalue weighted by Crippen LogP contribution is 2.32. The summed E-state index contributed by atoms with van der Waals surface area (Å²) in [5.74, 6) is -0.165. The van der Waals surface area contributed by atoms with Crippen LogP contribution >= 0.6 is 0 Å². The molecule has 0 bridgehead atoms. The smallest absolute Gasteiger partial charge is 0.309 e. The molecule has 0 spiro atoms. The van der Waals surface area contributed by atoms with E-state index in [2.05, 4.69) is 9.88 Å². The van der Waals surface area contributed by atoms with Crippen LogP contribution in [0.4, 0.5) is 0 Å². The second kappa shape index (κ2) is 8.27. The molecule has 0 radical (unpaired) electrons. The number of hydrogen-bond acceptors (Lipinski definition) is 5. The van der Waals surface area contributed by atoms with Gasteiger partial charge in [-0.3, -0.25) is 9.59 Å². The van der Waals surface area contributed by atoms with Gasteiger partial charge in [0.2, 0.25) is 0 Å². The number of fused-ring (bicyclic) bond motifs is 1. The second-order valence-corrected chi connectivity index (χ2v) is 8.35. The van der Waals surface area contributed by atoms with Gasteiger partial charge >= 0.3 is 5.97 Å². The summed E-state index contributed by atoms with van der Waals surface area (Å²) in [5, 5.41) is 3.38. The molecule has 1 N–H and O–H groups in total. The molecular formula is C22H29N3O3. The van der Waals surface area contributed by atoms with Gasteiger partial charge in [-0.25, -0.2) is 4.98 Å². The molecule has 6 heteroatoms. The second-order valence-electron chi connectivity index (χ2n) is 8.35. The normalized spacial score (nSPS) is 15.4. The third-order valence-corrected chi connectivity index (χ3v) is 5.32. The zero-order valence-electron chi connectivity index (χ0n) is 17.1. The summed E-state index contributed by atoms with van der Waals surface area (Å²) in [6, 6.07) is 9.93. The van der Waals surface area contributed by atoms with Gasteiger partial charge in [-0.2, -0.15) is 0 Å². The molecule has 0 saturated carbocycles. The molecular weight excluding hydrogens is 354 g/mol. The highest BCUT2D eigenvalue weighted by Gasteiger charge is 2.36. The molecule has 2 aromatic rings. The number of imidazole rings is 1. The fourth-order valence-electron chi connectivity index (χ4n) is 3.67. The van der Waals surface area contributed by atoms with Crippen LogP contribution in [-0.4, -0.2) is 35.0 Å². The number of carbonyl (C=O) groups excluding carboxylic acids is 2. The maximum absolute atomic E-state index is 13.2. The van der Waals surface area contributed by atoms with Crippen molar-refractivity contribution in [2.45, 2.75) is 46.7 Å². The van der Waals surface area contributed by atoms with E-state index in [1.165, 1.54) is 7.11 Å². The van der Waals surface area contributed by atoms with Gasteiger partial charge in [-0.05, 0) is 18.4 Å². The molecule has 0 saturated heterocycles. The third kappa shape index (κ3) is 4.17. The number of nitrogens with one attached hydrogen (secondary N) is 1. The molecule has 6 nitrogen and oxygen atoms in total. The van der Waals surface area contributed by atoms with E-state index >= 15 is 0 Å². The van der Waals surface area contributed by atoms with Crippen LogP contribution in [0.3, 0.4) is 0 Å². The molecule has 1 aromatic heterocycles. The highest BCUT2D eigenvalue weighted by molar-refractivity contribution is 5.98. The van der Waals surface area contributed by atoms with Crippen molar-refractivity contribution in [3.8, 4) is 11.4 Å². The molecule has 1 aromatic carbocycles. The Morgan fingerprint density at radius 3 is 2.61 bits per heavy atom. The van der Waals surface area contributed by atoms with Crippen LogP contribution in [0.1, 0.15) is 49.8 Å². The fourth-order valence-corrected chi connectivity index (χ4v) is 3.67. The first-order valence-electron chi connectivity index (χ1n) is 9.79. The molecule has 150 valence electrons. The van der Waals surface area contributed by atoms with E-state index in [1.54, 1.807) is 0 Å². The molecule has 0 amide bonds. The first kappa shape index (κ1) is 20.3. The van der Waals surface area contributed by atoms with Crippen molar-refractivity contribution in [2.24, 2.45) is 11.3 Å². The molecule has 28 heavy (non-hydrogen) atoms. The van der Waals surface area contributed by atoms with Gasteiger partial charge < -0.3 is 14.6 Å². The number of methoxy groups -OCH3 is 1. The number of ether oxygens (including phenoxy) is 1. The number of benzene rings is 1. The SMILES string of the molecule is COC(=O)[C@@H](CC(=O)c1nc(-c2ccccc2)n2c1CNCCC2)C(C)(C)C. The van der Waals surface area contributed by atoms with Crippen molar-refractivity contribution in [1.82, 2.24) is 14.9 Å². The quantitative estimate of drug-likeness (QED) is 0.632. The maximum atomic E-state index is 13.2. The van der Waals surface area contributed by atoms with Crippen LogP contribution in [0.2, 0.25) is 0 Å². The monoisotopic (exact) mass is 383 g/mol. The lowest BCUT2D eigenvalue weighted by atomic mass is 9.77. The zero-order chi connectivity index (χ0) is 20.3. The Morgan fingerprint density at radius 1 is 1.25 bits per heavy atom. The minimum absolute atomic E-state index is 0.0917.